The molecule has 0 radical (unpaired) electrons. The van der Waals surface area contributed by atoms with Gasteiger partial charge in [0.15, 0.2) is 5.52 Å². The molecule has 6 nitrogen and oxygen atoms in total. The summed E-state index contributed by atoms with van der Waals surface area (Å²) in [6.45, 7) is 0.0894. The number of fused-ring (bicyclic) bond motifs is 2. The summed E-state index contributed by atoms with van der Waals surface area (Å²) in [5.41, 5.74) is 3.49. The quantitative estimate of drug-likeness (QED) is 0.477. The van der Waals surface area contributed by atoms with E-state index in [0.717, 1.165) is 22.0 Å². The lowest BCUT2D eigenvalue weighted by atomic mass is 10.0. The van der Waals surface area contributed by atoms with Gasteiger partial charge in [0.25, 0.3) is 5.56 Å². The van der Waals surface area contributed by atoms with E-state index in [1.165, 1.54) is 17.0 Å². The Morgan fingerprint density at radius 2 is 1.83 bits per heavy atom. The Balaban J connectivity index is 1.49. The molecule has 3 heterocycles. The zero-order valence-corrected chi connectivity index (χ0v) is 15.6. The Kier molecular flexibility index (Phi) is 3.94. The largest absolute Gasteiger partial charge is 0.293 e. The summed E-state index contributed by atoms with van der Waals surface area (Å²) in [5, 5.41) is 5.35. The van der Waals surface area contributed by atoms with Gasteiger partial charge in [-0.3, -0.25) is 14.0 Å². The Hall–Kier alpha value is -3.87. The molecule has 0 unspecified atom stereocenters. The predicted octanol–water partition coefficient (Wildman–Crippen LogP) is 3.53. The highest BCUT2D eigenvalue weighted by atomic mass is 19.1. The van der Waals surface area contributed by atoms with Crippen molar-refractivity contribution in [1.82, 2.24) is 24.3 Å². The molecule has 0 amide bonds. The molecule has 5 aromatic rings. The lowest BCUT2D eigenvalue weighted by Crippen LogP contribution is -2.22. The summed E-state index contributed by atoms with van der Waals surface area (Å²) in [6.07, 6.45) is 4.90. The monoisotopic (exact) mass is 385 g/mol. The highest BCUT2D eigenvalue weighted by Crippen LogP contribution is 2.25. The topological polar surface area (TPSA) is 65.6 Å². The van der Waals surface area contributed by atoms with Crippen LogP contribution in [-0.4, -0.2) is 24.3 Å². The minimum atomic E-state index is -0.373. The third-order valence-electron chi connectivity index (χ3n) is 4.93. The van der Waals surface area contributed by atoms with Crippen molar-refractivity contribution < 1.29 is 4.39 Å². The second-order valence-corrected chi connectivity index (χ2v) is 6.93. The maximum atomic E-state index is 14.8. The molecule has 5 rings (SSSR count). The fourth-order valence-corrected chi connectivity index (χ4v) is 3.47. The molecule has 0 atom stereocenters. The maximum absolute atomic E-state index is 14.8. The van der Waals surface area contributed by atoms with E-state index in [1.54, 1.807) is 29.1 Å². The molecule has 0 N–H and O–H groups in total. The van der Waals surface area contributed by atoms with E-state index in [-0.39, 0.29) is 23.4 Å². The lowest BCUT2D eigenvalue weighted by Gasteiger charge is -2.09. The Morgan fingerprint density at radius 1 is 1.00 bits per heavy atom. The van der Waals surface area contributed by atoms with Gasteiger partial charge in [0.2, 0.25) is 0 Å². The smallest absolute Gasteiger partial charge is 0.280 e. The van der Waals surface area contributed by atoms with Gasteiger partial charge in [0.05, 0.1) is 23.9 Å². The summed E-state index contributed by atoms with van der Waals surface area (Å²) in [7, 11) is 1.87. The Bertz CT molecular complexity index is 1440. The number of nitrogens with zero attached hydrogens (tertiary/aromatic N) is 5. The van der Waals surface area contributed by atoms with E-state index < -0.39 is 0 Å². The standard InChI is InChI=1S/C22H16FN5O/c1-27-11-17-9-14(6-7-19(17)26-27)15-4-5-16(18(23)10-15)12-28-13-25-20-3-2-8-24-21(20)22(28)29/h2-11,13H,12H2,1H3. The molecule has 0 aliphatic carbocycles. The molecular formula is C22H16FN5O. The van der Waals surface area contributed by atoms with Gasteiger partial charge >= 0.3 is 0 Å². The van der Waals surface area contributed by atoms with E-state index in [0.29, 0.717) is 11.1 Å². The van der Waals surface area contributed by atoms with Crippen LogP contribution in [0.5, 0.6) is 0 Å². The van der Waals surface area contributed by atoms with Gasteiger partial charge in [0, 0.05) is 30.4 Å². The number of aryl methyl sites for hydroxylation is 1. The van der Waals surface area contributed by atoms with Gasteiger partial charge < -0.3 is 0 Å². The molecule has 7 heteroatoms. The third kappa shape index (κ3) is 3.06. The first-order chi connectivity index (χ1) is 14.1. The number of pyridine rings is 1. The van der Waals surface area contributed by atoms with Gasteiger partial charge in [-0.1, -0.05) is 18.2 Å². The van der Waals surface area contributed by atoms with Crippen molar-refractivity contribution in [2.24, 2.45) is 7.05 Å². The molecule has 142 valence electrons. The molecule has 0 saturated carbocycles. The van der Waals surface area contributed by atoms with Gasteiger partial charge in [-0.2, -0.15) is 5.10 Å². The first-order valence-corrected chi connectivity index (χ1v) is 9.11. The summed E-state index contributed by atoms with van der Waals surface area (Å²) in [5.74, 6) is -0.373. The van der Waals surface area contributed by atoms with E-state index in [2.05, 4.69) is 15.1 Å². The van der Waals surface area contributed by atoms with Crippen molar-refractivity contribution in [3.05, 3.63) is 89.0 Å². The molecule has 3 aromatic heterocycles. The van der Waals surface area contributed by atoms with Crippen LogP contribution in [0.25, 0.3) is 33.1 Å². The third-order valence-corrected chi connectivity index (χ3v) is 4.93. The van der Waals surface area contributed by atoms with Crippen LogP contribution in [0.15, 0.2) is 72.0 Å². The molecule has 0 aliphatic rings. The van der Waals surface area contributed by atoms with E-state index >= 15 is 0 Å². The highest BCUT2D eigenvalue weighted by Gasteiger charge is 2.10. The molecule has 0 fully saturated rings. The normalized spacial score (nSPS) is 11.4. The zero-order chi connectivity index (χ0) is 20.0. The summed E-state index contributed by atoms with van der Waals surface area (Å²) in [4.78, 5) is 20.9. The maximum Gasteiger partial charge on any atom is 0.280 e. The number of benzene rings is 2. The molecule has 2 aromatic carbocycles. The Labute approximate surface area is 164 Å². The second kappa shape index (κ2) is 6.63. The molecular weight excluding hydrogens is 369 g/mol. The second-order valence-electron chi connectivity index (χ2n) is 6.93. The number of rotatable bonds is 3. The minimum Gasteiger partial charge on any atom is -0.293 e. The van der Waals surface area contributed by atoms with Crippen LogP contribution < -0.4 is 5.56 Å². The van der Waals surface area contributed by atoms with Crippen LogP contribution in [0.2, 0.25) is 0 Å². The van der Waals surface area contributed by atoms with Gasteiger partial charge in [-0.05, 0) is 41.5 Å². The molecule has 0 aliphatic heterocycles. The SMILES string of the molecule is Cn1cc2cc(-c3ccc(Cn4cnc5cccnc5c4=O)c(F)c3)ccc2n1. The minimum absolute atomic E-state index is 0.0894. The fraction of sp³-hybridized carbons (Fsp3) is 0.0909. The van der Waals surface area contributed by atoms with Crippen LogP contribution in [0.3, 0.4) is 0 Å². The summed E-state index contributed by atoms with van der Waals surface area (Å²) < 4.78 is 17.9. The van der Waals surface area contributed by atoms with Crippen LogP contribution in [0, 0.1) is 5.82 Å². The number of hydrogen-bond acceptors (Lipinski definition) is 4. The van der Waals surface area contributed by atoms with Gasteiger partial charge in [0.1, 0.15) is 5.82 Å². The van der Waals surface area contributed by atoms with Crippen molar-refractivity contribution in [3.63, 3.8) is 0 Å². The van der Waals surface area contributed by atoms with Crippen LogP contribution >= 0.6 is 0 Å². The zero-order valence-electron chi connectivity index (χ0n) is 15.6. The van der Waals surface area contributed by atoms with Crippen LogP contribution in [0.4, 0.5) is 4.39 Å². The van der Waals surface area contributed by atoms with Crippen molar-refractivity contribution in [1.29, 1.82) is 0 Å². The average molecular weight is 385 g/mol. The molecule has 29 heavy (non-hydrogen) atoms. The summed E-state index contributed by atoms with van der Waals surface area (Å²) in [6, 6.07) is 14.3. The van der Waals surface area contributed by atoms with Gasteiger partial charge in [-0.15, -0.1) is 0 Å². The van der Waals surface area contributed by atoms with E-state index in [4.69, 9.17) is 0 Å². The van der Waals surface area contributed by atoms with Gasteiger partial charge in [-0.25, -0.2) is 14.4 Å². The van der Waals surface area contributed by atoms with Crippen LogP contribution in [-0.2, 0) is 13.6 Å². The van der Waals surface area contributed by atoms with Crippen molar-refractivity contribution in [3.8, 4) is 11.1 Å². The lowest BCUT2D eigenvalue weighted by molar-refractivity contribution is 0.595. The first kappa shape index (κ1) is 17.2. The van der Waals surface area contributed by atoms with E-state index in [1.807, 2.05) is 37.5 Å². The van der Waals surface area contributed by atoms with Crippen molar-refractivity contribution in [2.75, 3.05) is 0 Å². The van der Waals surface area contributed by atoms with Crippen LogP contribution in [0.1, 0.15) is 5.56 Å². The Morgan fingerprint density at radius 3 is 2.69 bits per heavy atom. The average Bonchev–Trinajstić information content (AvgIpc) is 3.10. The van der Waals surface area contributed by atoms with E-state index in [9.17, 15) is 9.18 Å². The fourth-order valence-electron chi connectivity index (χ4n) is 3.47. The molecule has 0 bridgehead atoms. The predicted molar refractivity (Wildman–Crippen MR) is 109 cm³/mol. The number of aromatic nitrogens is 5. The highest BCUT2D eigenvalue weighted by molar-refractivity contribution is 5.84. The molecule has 0 spiro atoms. The molecule has 0 saturated heterocycles. The number of hydrogen-bond donors (Lipinski definition) is 0. The number of halogens is 1. The first-order valence-electron chi connectivity index (χ1n) is 9.11. The summed E-state index contributed by atoms with van der Waals surface area (Å²) >= 11 is 0. The van der Waals surface area contributed by atoms with Crippen molar-refractivity contribution >= 4 is 21.9 Å². The van der Waals surface area contributed by atoms with Crippen molar-refractivity contribution in [2.45, 2.75) is 6.54 Å².